The first kappa shape index (κ1) is 12.2. The van der Waals surface area contributed by atoms with Gasteiger partial charge in [-0.25, -0.2) is 0 Å². The normalized spacial score (nSPS) is 15.4. The lowest BCUT2D eigenvalue weighted by Gasteiger charge is -2.26. The van der Waals surface area contributed by atoms with Crippen LogP contribution >= 0.6 is 0 Å². The molecule has 0 bridgehead atoms. The molecule has 2 N–H and O–H groups in total. The minimum Gasteiger partial charge on any atom is -0.382 e. The maximum atomic E-state index is 10.4. The minimum absolute atomic E-state index is 0.255. The maximum absolute atomic E-state index is 10.4. The van der Waals surface area contributed by atoms with Gasteiger partial charge in [0.05, 0.1) is 5.69 Å². The molecule has 18 heavy (non-hydrogen) atoms. The van der Waals surface area contributed by atoms with Crippen LogP contribution in [0.3, 0.4) is 0 Å². The van der Waals surface area contributed by atoms with Gasteiger partial charge in [0.1, 0.15) is 12.2 Å². The minimum atomic E-state index is -2.00. The summed E-state index contributed by atoms with van der Waals surface area (Å²) in [7, 11) is 0. The van der Waals surface area contributed by atoms with Crippen LogP contribution in [0.2, 0.25) is 0 Å². The smallest absolute Gasteiger partial charge is 0.208 e. The Kier molecular flexibility index (Phi) is 3.38. The van der Waals surface area contributed by atoms with Crippen LogP contribution < -0.4 is 0 Å². The van der Waals surface area contributed by atoms with E-state index in [4.69, 9.17) is 0 Å². The molecule has 1 aromatic carbocycles. The molecule has 0 spiro atoms. The van der Waals surface area contributed by atoms with Gasteiger partial charge in [0, 0.05) is 11.8 Å². The Balaban J connectivity index is 2.43. The molecule has 0 radical (unpaired) electrons. The van der Waals surface area contributed by atoms with Crippen molar-refractivity contribution in [1.29, 1.82) is 5.26 Å². The van der Waals surface area contributed by atoms with Crippen molar-refractivity contribution in [2.24, 2.45) is 0 Å². The van der Waals surface area contributed by atoms with Crippen LogP contribution in [-0.2, 0) is 5.60 Å². The molecule has 0 aliphatic heterocycles. The third-order valence-corrected chi connectivity index (χ3v) is 2.75. The van der Waals surface area contributed by atoms with Gasteiger partial charge in [-0.15, -0.1) is 0 Å². The first-order valence-electron chi connectivity index (χ1n) is 5.46. The molecule has 0 saturated carbocycles. The standard InChI is InChI=1S/C14H12N2O2/c15-10-14(18,11-6-2-1-3-7-11)13(17)12-8-4-5-9-16-12/h1-9,13,17-18H. The number of aromatic nitrogens is 1. The topological polar surface area (TPSA) is 77.1 Å². The summed E-state index contributed by atoms with van der Waals surface area (Å²) in [6.45, 7) is 0. The van der Waals surface area contributed by atoms with Gasteiger partial charge in [-0.05, 0) is 12.1 Å². The third-order valence-electron chi connectivity index (χ3n) is 2.75. The van der Waals surface area contributed by atoms with Crippen molar-refractivity contribution in [3.8, 4) is 6.07 Å². The van der Waals surface area contributed by atoms with E-state index in [1.807, 2.05) is 0 Å². The van der Waals surface area contributed by atoms with E-state index in [1.165, 1.54) is 6.20 Å². The molecule has 2 rings (SSSR count). The van der Waals surface area contributed by atoms with Crippen LogP contribution in [0.25, 0.3) is 0 Å². The lowest BCUT2D eigenvalue weighted by molar-refractivity contribution is -0.0420. The fourth-order valence-electron chi connectivity index (χ4n) is 1.73. The quantitative estimate of drug-likeness (QED) is 0.797. The summed E-state index contributed by atoms with van der Waals surface area (Å²) in [6.07, 6.45) is 0.104. The number of pyridine rings is 1. The van der Waals surface area contributed by atoms with Crippen molar-refractivity contribution >= 4 is 0 Å². The monoisotopic (exact) mass is 240 g/mol. The van der Waals surface area contributed by atoms with Crippen molar-refractivity contribution < 1.29 is 10.2 Å². The van der Waals surface area contributed by atoms with Gasteiger partial charge in [-0.2, -0.15) is 5.26 Å². The van der Waals surface area contributed by atoms with Gasteiger partial charge in [-0.3, -0.25) is 4.98 Å². The van der Waals surface area contributed by atoms with Gasteiger partial charge in [0.25, 0.3) is 0 Å². The number of hydrogen-bond donors (Lipinski definition) is 2. The highest BCUT2D eigenvalue weighted by Crippen LogP contribution is 2.33. The van der Waals surface area contributed by atoms with Crippen LogP contribution in [0.15, 0.2) is 54.7 Å². The molecule has 90 valence electrons. The zero-order valence-electron chi connectivity index (χ0n) is 9.56. The van der Waals surface area contributed by atoms with E-state index >= 15 is 0 Å². The zero-order chi connectivity index (χ0) is 13.0. The van der Waals surface area contributed by atoms with E-state index in [-0.39, 0.29) is 5.69 Å². The third kappa shape index (κ3) is 2.09. The van der Waals surface area contributed by atoms with Crippen molar-refractivity contribution in [2.75, 3.05) is 0 Å². The molecule has 0 amide bonds. The van der Waals surface area contributed by atoms with E-state index in [0.29, 0.717) is 5.56 Å². The molecular formula is C14H12N2O2. The zero-order valence-corrected chi connectivity index (χ0v) is 9.56. The van der Waals surface area contributed by atoms with Crippen molar-refractivity contribution in [2.45, 2.75) is 11.7 Å². The molecule has 0 saturated heterocycles. The van der Waals surface area contributed by atoms with E-state index in [1.54, 1.807) is 54.6 Å². The second-order valence-corrected chi connectivity index (χ2v) is 3.90. The van der Waals surface area contributed by atoms with Gasteiger partial charge in [-0.1, -0.05) is 36.4 Å². The molecule has 0 aliphatic rings. The molecule has 0 fully saturated rings. The largest absolute Gasteiger partial charge is 0.382 e. The number of nitriles is 1. The van der Waals surface area contributed by atoms with Gasteiger partial charge in [0.15, 0.2) is 0 Å². The van der Waals surface area contributed by atoms with Crippen LogP contribution in [0, 0.1) is 11.3 Å². The van der Waals surface area contributed by atoms with E-state index in [9.17, 15) is 15.5 Å². The number of rotatable bonds is 3. The average Bonchev–Trinajstić information content (AvgIpc) is 2.47. The lowest BCUT2D eigenvalue weighted by atomic mass is 9.87. The molecule has 2 aromatic rings. The molecule has 0 aliphatic carbocycles. The summed E-state index contributed by atoms with van der Waals surface area (Å²) in [6, 6.07) is 15.1. The van der Waals surface area contributed by atoms with Gasteiger partial charge >= 0.3 is 0 Å². The Bertz CT molecular complexity index is 551. The number of aliphatic hydroxyl groups is 2. The van der Waals surface area contributed by atoms with Crippen LogP contribution in [0.1, 0.15) is 17.4 Å². The fourth-order valence-corrected chi connectivity index (χ4v) is 1.73. The number of aliphatic hydroxyl groups excluding tert-OH is 1. The van der Waals surface area contributed by atoms with E-state index in [0.717, 1.165) is 0 Å². The summed E-state index contributed by atoms with van der Waals surface area (Å²) in [5, 5.41) is 29.7. The summed E-state index contributed by atoms with van der Waals surface area (Å²) >= 11 is 0. The second kappa shape index (κ2) is 4.96. The fraction of sp³-hybridized carbons (Fsp3) is 0.143. The number of nitrogens with zero attached hydrogens (tertiary/aromatic N) is 2. The molecule has 2 atom stereocenters. The van der Waals surface area contributed by atoms with Crippen molar-refractivity contribution in [3.05, 3.63) is 66.0 Å². The average molecular weight is 240 g/mol. The van der Waals surface area contributed by atoms with E-state index < -0.39 is 11.7 Å². The van der Waals surface area contributed by atoms with E-state index in [2.05, 4.69) is 4.98 Å². The SMILES string of the molecule is N#CC(O)(c1ccccc1)C(O)c1ccccn1. The lowest BCUT2D eigenvalue weighted by Crippen LogP contribution is -2.32. The Labute approximate surface area is 105 Å². The molecule has 4 nitrogen and oxygen atoms in total. The predicted octanol–water partition coefficient (Wildman–Crippen LogP) is 1.53. The Morgan fingerprint density at radius 1 is 1.11 bits per heavy atom. The number of benzene rings is 1. The van der Waals surface area contributed by atoms with Crippen molar-refractivity contribution in [3.63, 3.8) is 0 Å². The van der Waals surface area contributed by atoms with Crippen molar-refractivity contribution in [1.82, 2.24) is 4.98 Å². The Hall–Kier alpha value is -2.22. The highest BCUT2D eigenvalue weighted by Gasteiger charge is 2.39. The first-order valence-corrected chi connectivity index (χ1v) is 5.46. The van der Waals surface area contributed by atoms with Gasteiger partial charge < -0.3 is 10.2 Å². The summed E-state index contributed by atoms with van der Waals surface area (Å²) in [4.78, 5) is 3.96. The maximum Gasteiger partial charge on any atom is 0.208 e. The summed E-state index contributed by atoms with van der Waals surface area (Å²) in [5.74, 6) is 0. The van der Waals surface area contributed by atoms with Crippen LogP contribution in [0.4, 0.5) is 0 Å². The summed E-state index contributed by atoms with van der Waals surface area (Å²) < 4.78 is 0. The Morgan fingerprint density at radius 3 is 2.33 bits per heavy atom. The molecule has 4 heteroatoms. The molecule has 1 heterocycles. The number of hydrogen-bond acceptors (Lipinski definition) is 4. The second-order valence-electron chi connectivity index (χ2n) is 3.90. The molecule has 1 aromatic heterocycles. The predicted molar refractivity (Wildman–Crippen MR) is 65.1 cm³/mol. The van der Waals surface area contributed by atoms with Crippen LogP contribution in [0.5, 0.6) is 0 Å². The van der Waals surface area contributed by atoms with Gasteiger partial charge in [0.2, 0.25) is 5.60 Å². The highest BCUT2D eigenvalue weighted by atomic mass is 16.3. The summed E-state index contributed by atoms with van der Waals surface area (Å²) in [5.41, 5.74) is -1.41. The van der Waals surface area contributed by atoms with Crippen LogP contribution in [-0.4, -0.2) is 15.2 Å². The highest BCUT2D eigenvalue weighted by molar-refractivity contribution is 5.32. The molecular weight excluding hydrogens is 228 g/mol. The molecule has 2 unspecified atom stereocenters. The first-order chi connectivity index (χ1) is 8.68. The Morgan fingerprint density at radius 2 is 1.78 bits per heavy atom.